The van der Waals surface area contributed by atoms with E-state index in [4.69, 9.17) is 0 Å². The number of aryl methyl sites for hydroxylation is 2. The van der Waals surface area contributed by atoms with E-state index in [1.807, 2.05) is 38.1 Å². The van der Waals surface area contributed by atoms with Gasteiger partial charge in [-0.3, -0.25) is 4.98 Å². The summed E-state index contributed by atoms with van der Waals surface area (Å²) in [6, 6.07) is 10.1. The summed E-state index contributed by atoms with van der Waals surface area (Å²) in [5.41, 5.74) is 3.17. The predicted molar refractivity (Wildman–Crippen MR) is 90.1 cm³/mol. The molecule has 0 saturated carbocycles. The Morgan fingerprint density at radius 2 is 2.00 bits per heavy atom. The summed E-state index contributed by atoms with van der Waals surface area (Å²) in [6.07, 6.45) is 3.43. The second kappa shape index (κ2) is 6.27. The Kier molecular flexibility index (Phi) is 4.20. The van der Waals surface area contributed by atoms with Crippen LogP contribution >= 0.6 is 15.9 Å². The molecule has 2 heterocycles. The topological polar surface area (TPSA) is 55.6 Å². The number of nitrogens with one attached hydrogen (secondary N) is 1. The SMILES string of the molecule is Cc1cc(C)n(-c2cncc(NCc3ccccc3Br)n2)n1. The Morgan fingerprint density at radius 3 is 2.73 bits per heavy atom. The number of rotatable bonds is 4. The maximum atomic E-state index is 4.57. The molecule has 0 bridgehead atoms. The summed E-state index contributed by atoms with van der Waals surface area (Å²) in [5.74, 6) is 1.43. The summed E-state index contributed by atoms with van der Waals surface area (Å²) < 4.78 is 2.87. The molecule has 0 unspecified atom stereocenters. The van der Waals surface area contributed by atoms with Gasteiger partial charge in [0.25, 0.3) is 0 Å². The van der Waals surface area contributed by atoms with Crippen LogP contribution in [0.15, 0.2) is 47.2 Å². The fourth-order valence-corrected chi connectivity index (χ4v) is 2.66. The van der Waals surface area contributed by atoms with Gasteiger partial charge in [0.05, 0.1) is 18.1 Å². The van der Waals surface area contributed by atoms with Crippen LogP contribution in [0.3, 0.4) is 0 Å². The minimum Gasteiger partial charge on any atom is -0.365 e. The van der Waals surface area contributed by atoms with Crippen LogP contribution in [0.25, 0.3) is 5.82 Å². The molecule has 0 spiro atoms. The van der Waals surface area contributed by atoms with Crippen LogP contribution in [0.1, 0.15) is 17.0 Å². The zero-order chi connectivity index (χ0) is 15.5. The van der Waals surface area contributed by atoms with Crippen molar-refractivity contribution in [2.75, 3.05) is 5.32 Å². The molecule has 22 heavy (non-hydrogen) atoms. The van der Waals surface area contributed by atoms with Crippen molar-refractivity contribution in [2.45, 2.75) is 20.4 Å². The smallest absolute Gasteiger partial charge is 0.174 e. The third kappa shape index (κ3) is 3.17. The Morgan fingerprint density at radius 1 is 1.18 bits per heavy atom. The first kappa shape index (κ1) is 14.7. The van der Waals surface area contributed by atoms with Crippen molar-refractivity contribution in [2.24, 2.45) is 0 Å². The number of halogens is 1. The van der Waals surface area contributed by atoms with E-state index in [9.17, 15) is 0 Å². The number of hydrogen-bond acceptors (Lipinski definition) is 4. The van der Waals surface area contributed by atoms with Crippen LogP contribution in [-0.4, -0.2) is 19.7 Å². The molecule has 6 heteroatoms. The monoisotopic (exact) mass is 357 g/mol. The van der Waals surface area contributed by atoms with Gasteiger partial charge in [-0.25, -0.2) is 9.67 Å². The third-order valence-electron chi connectivity index (χ3n) is 3.27. The molecule has 3 aromatic rings. The van der Waals surface area contributed by atoms with E-state index >= 15 is 0 Å². The average Bonchev–Trinajstić information content (AvgIpc) is 2.85. The molecule has 2 aromatic heterocycles. The molecular weight excluding hydrogens is 342 g/mol. The van der Waals surface area contributed by atoms with Crippen LogP contribution in [0.4, 0.5) is 5.82 Å². The maximum absolute atomic E-state index is 4.57. The summed E-state index contributed by atoms with van der Waals surface area (Å²) in [5, 5.41) is 7.73. The summed E-state index contributed by atoms with van der Waals surface area (Å²) >= 11 is 3.54. The second-order valence-corrected chi connectivity index (χ2v) is 5.90. The second-order valence-electron chi connectivity index (χ2n) is 5.05. The van der Waals surface area contributed by atoms with Gasteiger partial charge in [-0.05, 0) is 31.5 Å². The average molecular weight is 358 g/mol. The van der Waals surface area contributed by atoms with Crippen molar-refractivity contribution in [3.8, 4) is 5.82 Å². The fraction of sp³-hybridized carbons (Fsp3) is 0.188. The highest BCUT2D eigenvalue weighted by Gasteiger charge is 2.07. The van der Waals surface area contributed by atoms with Gasteiger partial charge in [0, 0.05) is 16.7 Å². The Bertz CT molecular complexity index is 797. The zero-order valence-corrected chi connectivity index (χ0v) is 14.0. The molecule has 0 saturated heterocycles. The van der Waals surface area contributed by atoms with Crippen LogP contribution in [0, 0.1) is 13.8 Å². The molecule has 1 aromatic carbocycles. The lowest BCUT2D eigenvalue weighted by Crippen LogP contribution is -2.07. The molecule has 0 radical (unpaired) electrons. The van der Waals surface area contributed by atoms with E-state index in [1.54, 1.807) is 17.1 Å². The van der Waals surface area contributed by atoms with Crippen molar-refractivity contribution >= 4 is 21.7 Å². The van der Waals surface area contributed by atoms with Crippen molar-refractivity contribution in [1.29, 1.82) is 0 Å². The van der Waals surface area contributed by atoms with Gasteiger partial charge in [-0.2, -0.15) is 5.10 Å². The van der Waals surface area contributed by atoms with Crippen LogP contribution in [0.5, 0.6) is 0 Å². The highest BCUT2D eigenvalue weighted by Crippen LogP contribution is 2.17. The van der Waals surface area contributed by atoms with E-state index in [-0.39, 0.29) is 0 Å². The molecule has 0 aliphatic rings. The number of nitrogens with zero attached hydrogens (tertiary/aromatic N) is 4. The van der Waals surface area contributed by atoms with Crippen LogP contribution in [0.2, 0.25) is 0 Å². The lowest BCUT2D eigenvalue weighted by Gasteiger charge is -2.09. The Balaban J connectivity index is 1.80. The Labute approximate surface area is 137 Å². The standard InChI is InChI=1S/C16H16BrN5/c1-11-7-12(2)22(21-11)16-10-18-9-15(20-16)19-8-13-5-3-4-6-14(13)17/h3-7,9-10H,8H2,1-2H3,(H,19,20). The largest absolute Gasteiger partial charge is 0.365 e. The molecule has 0 atom stereocenters. The number of benzene rings is 1. The third-order valence-corrected chi connectivity index (χ3v) is 4.04. The fourth-order valence-electron chi connectivity index (χ4n) is 2.23. The van der Waals surface area contributed by atoms with E-state index in [1.165, 1.54) is 5.56 Å². The molecular formula is C16H16BrN5. The zero-order valence-electron chi connectivity index (χ0n) is 12.4. The minimum atomic E-state index is 0.677. The molecule has 0 amide bonds. The summed E-state index contributed by atoms with van der Waals surface area (Å²) in [6.45, 7) is 4.64. The first-order valence-corrected chi connectivity index (χ1v) is 7.76. The van der Waals surface area contributed by atoms with Gasteiger partial charge in [-0.15, -0.1) is 0 Å². The normalized spacial score (nSPS) is 10.7. The predicted octanol–water partition coefficient (Wildman–Crippen LogP) is 3.65. The van der Waals surface area contributed by atoms with Crippen molar-refractivity contribution < 1.29 is 0 Å². The van der Waals surface area contributed by atoms with E-state index in [2.05, 4.69) is 42.4 Å². The van der Waals surface area contributed by atoms with E-state index in [0.717, 1.165) is 21.7 Å². The Hall–Kier alpha value is -2.21. The van der Waals surface area contributed by atoms with E-state index in [0.29, 0.717) is 12.4 Å². The molecule has 112 valence electrons. The molecule has 0 aliphatic carbocycles. The van der Waals surface area contributed by atoms with Crippen molar-refractivity contribution in [1.82, 2.24) is 19.7 Å². The van der Waals surface area contributed by atoms with Gasteiger partial charge in [0.1, 0.15) is 5.82 Å². The lowest BCUT2D eigenvalue weighted by molar-refractivity contribution is 0.799. The van der Waals surface area contributed by atoms with Gasteiger partial charge >= 0.3 is 0 Å². The van der Waals surface area contributed by atoms with Crippen LogP contribution in [-0.2, 0) is 6.54 Å². The molecule has 0 fully saturated rings. The minimum absolute atomic E-state index is 0.677. The lowest BCUT2D eigenvalue weighted by atomic mass is 10.2. The highest BCUT2D eigenvalue weighted by molar-refractivity contribution is 9.10. The van der Waals surface area contributed by atoms with Gasteiger partial charge < -0.3 is 5.32 Å². The molecule has 0 aliphatic heterocycles. The van der Waals surface area contributed by atoms with Gasteiger partial charge in [-0.1, -0.05) is 34.1 Å². The number of hydrogen-bond donors (Lipinski definition) is 1. The van der Waals surface area contributed by atoms with Gasteiger partial charge in [0.2, 0.25) is 0 Å². The highest BCUT2D eigenvalue weighted by atomic mass is 79.9. The molecule has 3 rings (SSSR count). The molecule has 5 nitrogen and oxygen atoms in total. The van der Waals surface area contributed by atoms with Crippen molar-refractivity contribution in [3.63, 3.8) is 0 Å². The number of anilines is 1. The first-order valence-electron chi connectivity index (χ1n) is 6.96. The first-order chi connectivity index (χ1) is 10.6. The maximum Gasteiger partial charge on any atom is 0.174 e. The quantitative estimate of drug-likeness (QED) is 0.774. The summed E-state index contributed by atoms with van der Waals surface area (Å²) in [7, 11) is 0. The van der Waals surface area contributed by atoms with Crippen molar-refractivity contribution in [3.05, 3.63) is 64.1 Å². The summed E-state index contributed by atoms with van der Waals surface area (Å²) in [4.78, 5) is 8.82. The van der Waals surface area contributed by atoms with Gasteiger partial charge in [0.15, 0.2) is 5.82 Å². The van der Waals surface area contributed by atoms with E-state index < -0.39 is 0 Å². The number of aromatic nitrogens is 4. The van der Waals surface area contributed by atoms with Crippen LogP contribution < -0.4 is 5.32 Å². The molecule has 1 N–H and O–H groups in total.